The van der Waals surface area contributed by atoms with Crippen molar-refractivity contribution < 1.29 is 0 Å². The molecule has 0 saturated heterocycles. The first kappa shape index (κ1) is 10.6. The third-order valence-corrected chi connectivity index (χ3v) is 1.15. The minimum Gasteiger partial charge on any atom is -0.383 e. The van der Waals surface area contributed by atoms with Gasteiger partial charge in [-0.15, -0.1) is 0 Å². The number of hydrogen-bond acceptors (Lipinski definition) is 4. The third kappa shape index (κ3) is 2.65. The van der Waals surface area contributed by atoms with Gasteiger partial charge in [0.05, 0.1) is 5.56 Å². The number of nitrogens with one attached hydrogen (secondary N) is 1. The van der Waals surface area contributed by atoms with E-state index in [0.29, 0.717) is 17.1 Å². The topological polar surface area (TPSA) is 75.7 Å². The Hall–Kier alpha value is -1.45. The standard InChI is InChI=1S/C6H8N4.C2H6/c1-4(7)5-2-9-3-10-6(5)8;1-2/h2-3,7H,1H3,(H2,8,9,10);1-2H3. The molecule has 1 aromatic heterocycles. The van der Waals surface area contributed by atoms with Crippen molar-refractivity contribution in [2.75, 3.05) is 5.73 Å². The highest BCUT2D eigenvalue weighted by Crippen LogP contribution is 2.04. The van der Waals surface area contributed by atoms with Crippen LogP contribution in [0, 0.1) is 5.41 Å². The maximum absolute atomic E-state index is 7.22. The third-order valence-electron chi connectivity index (χ3n) is 1.15. The van der Waals surface area contributed by atoms with Gasteiger partial charge in [-0.25, -0.2) is 9.97 Å². The van der Waals surface area contributed by atoms with E-state index < -0.39 is 0 Å². The molecule has 0 bridgehead atoms. The number of hydrogen-bond donors (Lipinski definition) is 2. The Bertz CT molecular complexity index is 257. The number of aromatic nitrogens is 2. The van der Waals surface area contributed by atoms with E-state index >= 15 is 0 Å². The lowest BCUT2D eigenvalue weighted by molar-refractivity contribution is 1.16. The first-order valence-corrected chi connectivity index (χ1v) is 3.83. The van der Waals surface area contributed by atoms with E-state index in [0.717, 1.165) is 0 Å². The van der Waals surface area contributed by atoms with Gasteiger partial charge >= 0.3 is 0 Å². The Kier molecular flexibility index (Phi) is 4.60. The summed E-state index contributed by atoms with van der Waals surface area (Å²) < 4.78 is 0. The minimum absolute atomic E-state index is 0.363. The maximum atomic E-state index is 7.22. The molecule has 0 atom stereocenters. The number of nitrogens with zero attached hydrogens (tertiary/aromatic N) is 2. The van der Waals surface area contributed by atoms with Crippen molar-refractivity contribution >= 4 is 11.5 Å². The summed E-state index contributed by atoms with van der Waals surface area (Å²) in [5, 5.41) is 7.22. The molecule has 1 heterocycles. The normalized spacial score (nSPS) is 8.25. The lowest BCUT2D eigenvalue weighted by Crippen LogP contribution is -2.02. The van der Waals surface area contributed by atoms with E-state index in [1.54, 1.807) is 6.92 Å². The highest BCUT2D eigenvalue weighted by molar-refractivity contribution is 5.99. The smallest absolute Gasteiger partial charge is 0.135 e. The summed E-state index contributed by atoms with van der Waals surface area (Å²) in [7, 11) is 0. The van der Waals surface area contributed by atoms with E-state index in [2.05, 4.69) is 9.97 Å². The summed E-state index contributed by atoms with van der Waals surface area (Å²) in [4.78, 5) is 7.46. The Balaban J connectivity index is 0.000000561. The summed E-state index contributed by atoms with van der Waals surface area (Å²) in [5.74, 6) is 0.363. The predicted molar refractivity (Wildman–Crippen MR) is 50.3 cm³/mol. The van der Waals surface area contributed by atoms with Crippen LogP contribution in [0.25, 0.3) is 0 Å². The fraction of sp³-hybridized carbons (Fsp3) is 0.375. The van der Waals surface area contributed by atoms with Crippen LogP contribution in [0.15, 0.2) is 12.5 Å². The molecule has 3 N–H and O–H groups in total. The molecule has 0 aliphatic carbocycles. The quantitative estimate of drug-likeness (QED) is 0.620. The van der Waals surface area contributed by atoms with Gasteiger partial charge in [0.2, 0.25) is 0 Å². The average molecular weight is 166 g/mol. The Labute approximate surface area is 72.4 Å². The van der Waals surface area contributed by atoms with Crippen LogP contribution >= 0.6 is 0 Å². The van der Waals surface area contributed by atoms with Crippen molar-refractivity contribution in [2.45, 2.75) is 20.8 Å². The zero-order valence-corrected chi connectivity index (χ0v) is 7.63. The second-order valence-corrected chi connectivity index (χ2v) is 1.95. The average Bonchev–Trinajstić information content (AvgIpc) is 2.08. The lowest BCUT2D eigenvalue weighted by atomic mass is 10.2. The van der Waals surface area contributed by atoms with Crippen LogP contribution < -0.4 is 5.73 Å². The van der Waals surface area contributed by atoms with Crippen LogP contribution in [0.5, 0.6) is 0 Å². The van der Waals surface area contributed by atoms with Crippen LogP contribution in [0.2, 0.25) is 0 Å². The van der Waals surface area contributed by atoms with Crippen LogP contribution in [-0.4, -0.2) is 15.7 Å². The largest absolute Gasteiger partial charge is 0.383 e. The van der Waals surface area contributed by atoms with E-state index in [4.69, 9.17) is 11.1 Å². The van der Waals surface area contributed by atoms with Gasteiger partial charge in [-0.05, 0) is 6.92 Å². The Morgan fingerprint density at radius 3 is 2.42 bits per heavy atom. The molecule has 12 heavy (non-hydrogen) atoms. The molecule has 0 aliphatic rings. The number of rotatable bonds is 1. The van der Waals surface area contributed by atoms with Crippen LogP contribution in [-0.2, 0) is 0 Å². The number of nitrogen functional groups attached to an aromatic ring is 1. The van der Waals surface area contributed by atoms with E-state index in [1.165, 1.54) is 12.5 Å². The zero-order chi connectivity index (χ0) is 9.56. The fourth-order valence-corrected chi connectivity index (χ4v) is 0.628. The number of anilines is 1. The van der Waals surface area contributed by atoms with Crippen molar-refractivity contribution in [3.8, 4) is 0 Å². The summed E-state index contributed by atoms with van der Waals surface area (Å²) in [6.45, 7) is 5.65. The Morgan fingerprint density at radius 2 is 2.08 bits per heavy atom. The highest BCUT2D eigenvalue weighted by Gasteiger charge is 1.99. The molecule has 4 heteroatoms. The summed E-state index contributed by atoms with van der Waals surface area (Å²) in [6, 6.07) is 0. The minimum atomic E-state index is 0.363. The zero-order valence-electron chi connectivity index (χ0n) is 7.63. The summed E-state index contributed by atoms with van der Waals surface area (Å²) in [5.41, 5.74) is 6.42. The van der Waals surface area contributed by atoms with Crippen molar-refractivity contribution in [1.29, 1.82) is 5.41 Å². The number of nitrogens with two attached hydrogens (primary N) is 1. The second-order valence-electron chi connectivity index (χ2n) is 1.95. The Morgan fingerprint density at radius 1 is 1.50 bits per heavy atom. The molecule has 1 rings (SSSR count). The van der Waals surface area contributed by atoms with E-state index in [9.17, 15) is 0 Å². The van der Waals surface area contributed by atoms with E-state index in [1.807, 2.05) is 13.8 Å². The predicted octanol–water partition coefficient (Wildman–Crippen LogP) is 1.47. The highest BCUT2D eigenvalue weighted by atomic mass is 14.9. The molecule has 4 nitrogen and oxygen atoms in total. The molecule has 0 amide bonds. The van der Waals surface area contributed by atoms with Crippen molar-refractivity contribution in [2.24, 2.45) is 0 Å². The van der Waals surface area contributed by atoms with Crippen LogP contribution in [0.1, 0.15) is 26.3 Å². The molecular formula is C8H14N4. The molecule has 0 aromatic carbocycles. The van der Waals surface area contributed by atoms with Crippen LogP contribution in [0.4, 0.5) is 5.82 Å². The van der Waals surface area contributed by atoms with Gasteiger partial charge in [-0.1, -0.05) is 13.8 Å². The van der Waals surface area contributed by atoms with Crippen LogP contribution in [0.3, 0.4) is 0 Å². The molecule has 0 radical (unpaired) electrons. The van der Waals surface area contributed by atoms with Gasteiger partial charge in [-0.3, -0.25) is 0 Å². The molecular weight excluding hydrogens is 152 g/mol. The first-order valence-electron chi connectivity index (χ1n) is 3.83. The lowest BCUT2D eigenvalue weighted by Gasteiger charge is -1.98. The summed E-state index contributed by atoms with van der Waals surface area (Å²) >= 11 is 0. The van der Waals surface area contributed by atoms with Gasteiger partial charge in [0.25, 0.3) is 0 Å². The fourth-order valence-electron chi connectivity index (χ4n) is 0.628. The monoisotopic (exact) mass is 166 g/mol. The van der Waals surface area contributed by atoms with E-state index in [-0.39, 0.29) is 0 Å². The SMILES string of the molecule is CC.CC(=N)c1cncnc1N. The molecule has 66 valence electrons. The van der Waals surface area contributed by atoms with Crippen molar-refractivity contribution in [3.05, 3.63) is 18.1 Å². The molecule has 1 aromatic rings. The molecule has 0 fully saturated rings. The van der Waals surface area contributed by atoms with Gasteiger partial charge in [0.15, 0.2) is 0 Å². The second kappa shape index (κ2) is 5.23. The van der Waals surface area contributed by atoms with Crippen molar-refractivity contribution in [1.82, 2.24) is 9.97 Å². The van der Waals surface area contributed by atoms with Crippen molar-refractivity contribution in [3.63, 3.8) is 0 Å². The molecule has 0 spiro atoms. The van der Waals surface area contributed by atoms with Gasteiger partial charge in [-0.2, -0.15) is 0 Å². The molecule has 0 aliphatic heterocycles. The first-order chi connectivity index (χ1) is 5.72. The van der Waals surface area contributed by atoms with Gasteiger partial charge in [0, 0.05) is 11.9 Å². The maximum Gasteiger partial charge on any atom is 0.135 e. The molecule has 0 unspecified atom stereocenters. The van der Waals surface area contributed by atoms with Gasteiger partial charge in [0.1, 0.15) is 12.1 Å². The summed E-state index contributed by atoms with van der Waals surface area (Å²) in [6.07, 6.45) is 2.90. The molecule has 0 saturated carbocycles. The van der Waals surface area contributed by atoms with Gasteiger partial charge < -0.3 is 11.1 Å².